The van der Waals surface area contributed by atoms with E-state index in [0.29, 0.717) is 23.5 Å². The first kappa shape index (κ1) is 28.2. The molecule has 4 rings (SSSR count). The molecule has 11 heteroatoms. The number of benzene rings is 3. The summed E-state index contributed by atoms with van der Waals surface area (Å²) in [6.45, 7) is 1.79. The number of carbonyl (C=O) groups is 1. The van der Waals surface area contributed by atoms with Crippen molar-refractivity contribution in [3.8, 4) is 21.7 Å². The molecule has 1 heterocycles. The van der Waals surface area contributed by atoms with Crippen molar-refractivity contribution >= 4 is 29.7 Å². The minimum Gasteiger partial charge on any atom is -0.347 e. The summed E-state index contributed by atoms with van der Waals surface area (Å²) >= 11 is 1.10. The van der Waals surface area contributed by atoms with E-state index in [1.165, 1.54) is 31.2 Å². The van der Waals surface area contributed by atoms with Crippen LogP contribution in [0, 0.1) is 5.82 Å². The smallest absolute Gasteiger partial charge is 0.347 e. The van der Waals surface area contributed by atoms with Gasteiger partial charge in [-0.05, 0) is 59.0 Å². The third kappa shape index (κ3) is 7.12. The van der Waals surface area contributed by atoms with E-state index in [1.54, 1.807) is 6.07 Å². The second-order valence-electron chi connectivity index (χ2n) is 8.23. The molecule has 0 saturated carbocycles. The molecule has 5 nitrogen and oxygen atoms in total. The second-order valence-corrected chi connectivity index (χ2v) is 9.24. The molecule has 0 aliphatic rings. The number of rotatable bonds is 7. The van der Waals surface area contributed by atoms with E-state index in [4.69, 9.17) is 5.73 Å². The average Bonchev–Trinajstić information content (AvgIpc) is 3.34. The Morgan fingerprint density at radius 1 is 0.946 bits per heavy atom. The van der Waals surface area contributed by atoms with Gasteiger partial charge in [-0.15, -0.1) is 22.6 Å². The molecule has 37 heavy (non-hydrogen) atoms. The van der Waals surface area contributed by atoms with E-state index in [-0.39, 0.29) is 34.4 Å². The summed E-state index contributed by atoms with van der Waals surface area (Å²) in [7, 11) is 0. The Kier molecular flexibility index (Phi) is 9.01. The van der Waals surface area contributed by atoms with E-state index < -0.39 is 23.6 Å². The minimum atomic E-state index is -4.59. The van der Waals surface area contributed by atoms with Crippen molar-refractivity contribution in [1.29, 1.82) is 0 Å². The molecule has 3 aromatic carbocycles. The van der Waals surface area contributed by atoms with Gasteiger partial charge in [0, 0.05) is 19.0 Å². The fourth-order valence-corrected chi connectivity index (χ4v) is 4.59. The van der Waals surface area contributed by atoms with Gasteiger partial charge >= 0.3 is 6.18 Å². The van der Waals surface area contributed by atoms with Crippen molar-refractivity contribution in [3.05, 3.63) is 94.2 Å². The van der Waals surface area contributed by atoms with Crippen LogP contribution in [0.4, 0.5) is 17.6 Å². The highest BCUT2D eigenvalue weighted by Crippen LogP contribution is 2.38. The molecule has 0 aliphatic carbocycles. The Labute approximate surface area is 221 Å². The number of nitrogens with zero attached hydrogens (tertiary/aromatic N) is 2. The van der Waals surface area contributed by atoms with Crippen LogP contribution >= 0.6 is 23.7 Å². The molecule has 0 radical (unpaired) electrons. The van der Waals surface area contributed by atoms with Crippen LogP contribution in [0.25, 0.3) is 21.7 Å². The molecule has 4 aromatic rings. The van der Waals surface area contributed by atoms with E-state index in [1.807, 2.05) is 24.3 Å². The molecule has 0 saturated heterocycles. The zero-order valence-corrected chi connectivity index (χ0v) is 21.2. The second kappa shape index (κ2) is 11.8. The van der Waals surface area contributed by atoms with Gasteiger partial charge in [-0.25, -0.2) is 4.39 Å². The van der Waals surface area contributed by atoms with Gasteiger partial charge in [0.25, 0.3) is 0 Å². The summed E-state index contributed by atoms with van der Waals surface area (Å²) < 4.78 is 54.4. The number of aromatic nitrogens is 2. The molecule has 0 aliphatic heterocycles. The number of halogens is 5. The standard InChI is InChI=1S/C26H22F4N4OS.ClH/c1-15(35)32-23(10-16-2-4-17(14-31)5-3-16)25-34-33-24(36-25)20-11-19(12-21(13-20)26(28,29)30)18-6-8-22(27)9-7-18;/h2-9,11-13,23H,10,14,31H2,1H3,(H,32,35);1H. The third-order valence-corrected chi connectivity index (χ3v) is 6.59. The summed E-state index contributed by atoms with van der Waals surface area (Å²) in [6, 6.07) is 15.9. The molecule has 1 amide bonds. The molecule has 1 atom stereocenters. The first-order valence-corrected chi connectivity index (χ1v) is 11.8. The van der Waals surface area contributed by atoms with Crippen LogP contribution in [0.15, 0.2) is 66.7 Å². The van der Waals surface area contributed by atoms with E-state index in [0.717, 1.165) is 34.6 Å². The van der Waals surface area contributed by atoms with Gasteiger partial charge in [0.1, 0.15) is 15.8 Å². The molecule has 1 aromatic heterocycles. The summed E-state index contributed by atoms with van der Waals surface area (Å²) in [5, 5.41) is 11.9. The van der Waals surface area contributed by atoms with Crippen molar-refractivity contribution in [3.63, 3.8) is 0 Å². The number of alkyl halides is 3. The van der Waals surface area contributed by atoms with Crippen LogP contribution < -0.4 is 11.1 Å². The Bertz CT molecular complexity index is 1360. The maximum atomic E-state index is 13.7. The van der Waals surface area contributed by atoms with Crippen molar-refractivity contribution in [1.82, 2.24) is 15.5 Å². The van der Waals surface area contributed by atoms with Crippen LogP contribution in [0.1, 0.15) is 34.7 Å². The summed E-state index contributed by atoms with van der Waals surface area (Å²) in [5.74, 6) is -0.755. The fraction of sp³-hybridized carbons (Fsp3) is 0.192. The topological polar surface area (TPSA) is 80.9 Å². The highest BCUT2D eigenvalue weighted by atomic mass is 35.5. The first-order valence-electron chi connectivity index (χ1n) is 11.0. The zero-order chi connectivity index (χ0) is 25.9. The molecular weight excluding hydrogens is 528 g/mol. The van der Waals surface area contributed by atoms with E-state index in [2.05, 4.69) is 15.5 Å². The van der Waals surface area contributed by atoms with Crippen LogP contribution in [-0.4, -0.2) is 16.1 Å². The normalized spacial score (nSPS) is 12.1. The summed E-state index contributed by atoms with van der Waals surface area (Å²) in [5.41, 5.74) is 7.63. The Morgan fingerprint density at radius 3 is 2.16 bits per heavy atom. The van der Waals surface area contributed by atoms with Crippen LogP contribution in [0.5, 0.6) is 0 Å². The Hall–Kier alpha value is -3.34. The van der Waals surface area contributed by atoms with Crippen molar-refractivity contribution in [2.45, 2.75) is 32.1 Å². The van der Waals surface area contributed by atoms with Gasteiger partial charge in [0.2, 0.25) is 5.91 Å². The van der Waals surface area contributed by atoms with E-state index in [9.17, 15) is 22.4 Å². The molecule has 0 bridgehead atoms. The van der Waals surface area contributed by atoms with Gasteiger partial charge in [-0.1, -0.05) is 47.7 Å². The maximum Gasteiger partial charge on any atom is 0.416 e. The number of nitrogens with one attached hydrogen (secondary N) is 1. The lowest BCUT2D eigenvalue weighted by Crippen LogP contribution is -2.27. The lowest BCUT2D eigenvalue weighted by atomic mass is 9.99. The SMILES string of the molecule is CC(=O)NC(Cc1ccc(CN)cc1)c1nnc(-c2cc(-c3ccc(F)cc3)cc(C(F)(F)F)c2)s1.Cl. The number of nitrogens with two attached hydrogens (primary N) is 1. The lowest BCUT2D eigenvalue weighted by molar-refractivity contribution is -0.137. The highest BCUT2D eigenvalue weighted by Gasteiger charge is 2.32. The molecular formula is C26H23ClF4N4OS. The third-order valence-electron chi connectivity index (χ3n) is 5.50. The monoisotopic (exact) mass is 550 g/mol. The van der Waals surface area contributed by atoms with Crippen LogP contribution in [0.3, 0.4) is 0 Å². The van der Waals surface area contributed by atoms with Gasteiger partial charge in [-0.2, -0.15) is 13.2 Å². The quantitative estimate of drug-likeness (QED) is 0.263. The molecule has 1 unspecified atom stereocenters. The fourth-order valence-electron chi connectivity index (χ4n) is 3.71. The zero-order valence-electron chi connectivity index (χ0n) is 19.6. The van der Waals surface area contributed by atoms with Crippen molar-refractivity contribution in [2.24, 2.45) is 5.73 Å². The Morgan fingerprint density at radius 2 is 1.57 bits per heavy atom. The van der Waals surface area contributed by atoms with Gasteiger partial charge in [0.05, 0.1) is 11.6 Å². The maximum absolute atomic E-state index is 13.7. The van der Waals surface area contributed by atoms with Gasteiger partial charge < -0.3 is 11.1 Å². The largest absolute Gasteiger partial charge is 0.416 e. The summed E-state index contributed by atoms with van der Waals surface area (Å²) in [4.78, 5) is 11.9. The van der Waals surface area contributed by atoms with Gasteiger partial charge in [-0.3, -0.25) is 4.79 Å². The predicted molar refractivity (Wildman–Crippen MR) is 138 cm³/mol. The van der Waals surface area contributed by atoms with Crippen LogP contribution in [-0.2, 0) is 23.9 Å². The summed E-state index contributed by atoms with van der Waals surface area (Å²) in [6.07, 6.45) is -4.17. The highest BCUT2D eigenvalue weighted by molar-refractivity contribution is 7.14. The molecule has 0 fully saturated rings. The molecule has 0 spiro atoms. The van der Waals surface area contributed by atoms with Crippen LogP contribution in [0.2, 0.25) is 0 Å². The van der Waals surface area contributed by atoms with Crippen molar-refractivity contribution in [2.75, 3.05) is 0 Å². The van der Waals surface area contributed by atoms with Gasteiger partial charge in [0.15, 0.2) is 0 Å². The minimum absolute atomic E-state index is 0. The predicted octanol–water partition coefficient (Wildman–Crippen LogP) is 6.33. The molecule has 3 N–H and O–H groups in total. The van der Waals surface area contributed by atoms with Crippen molar-refractivity contribution < 1.29 is 22.4 Å². The number of hydrogen-bond donors (Lipinski definition) is 2. The first-order chi connectivity index (χ1) is 17.1. The molecule has 194 valence electrons. The Balaban J connectivity index is 0.00000380. The number of hydrogen-bond acceptors (Lipinski definition) is 5. The number of carbonyl (C=O) groups excluding carboxylic acids is 1. The average molecular weight is 551 g/mol. The number of amides is 1. The lowest BCUT2D eigenvalue weighted by Gasteiger charge is -2.15. The van der Waals surface area contributed by atoms with E-state index >= 15 is 0 Å².